The van der Waals surface area contributed by atoms with Gasteiger partial charge in [-0.05, 0) is 19.1 Å². The van der Waals surface area contributed by atoms with Crippen LogP contribution in [0.2, 0.25) is 0 Å². The van der Waals surface area contributed by atoms with Crippen LogP contribution in [0.1, 0.15) is 17.3 Å². The molecule has 0 aromatic heterocycles. The van der Waals surface area contributed by atoms with Gasteiger partial charge in [-0.2, -0.15) is 0 Å². The van der Waals surface area contributed by atoms with Gasteiger partial charge in [-0.25, -0.2) is 9.59 Å². The Labute approximate surface area is 102 Å². The summed E-state index contributed by atoms with van der Waals surface area (Å²) >= 11 is 0. The molecule has 0 aliphatic rings. The number of aliphatic hydroxyl groups excluding tert-OH is 1. The van der Waals surface area contributed by atoms with Gasteiger partial charge in [0.15, 0.2) is 11.5 Å². The summed E-state index contributed by atoms with van der Waals surface area (Å²) in [7, 11) is 0. The molecule has 1 rings (SSSR count). The molecule has 0 heterocycles. The second kappa shape index (κ2) is 5.48. The first-order valence-corrected chi connectivity index (χ1v) is 5.05. The molecule has 0 amide bonds. The Bertz CT molecular complexity index is 471. The zero-order valence-electron chi connectivity index (χ0n) is 9.53. The van der Waals surface area contributed by atoms with Gasteiger partial charge in [-0.1, -0.05) is 6.07 Å². The Hall–Kier alpha value is -2.12. The molecule has 0 fully saturated rings. The minimum absolute atomic E-state index is 0.374. The fourth-order valence-corrected chi connectivity index (χ4v) is 1.17. The number of nitrogens with two attached hydrogens (primary N) is 1. The summed E-state index contributed by atoms with van der Waals surface area (Å²) in [5.74, 6) is -3.39. The largest absolute Gasteiger partial charge is 0.504 e. The number of carboxylic acids is 1. The van der Waals surface area contributed by atoms with Crippen molar-refractivity contribution in [3.63, 3.8) is 0 Å². The highest BCUT2D eigenvalue weighted by Crippen LogP contribution is 2.30. The van der Waals surface area contributed by atoms with Gasteiger partial charge in [-0.15, -0.1) is 0 Å². The first-order valence-electron chi connectivity index (χ1n) is 5.05. The highest BCUT2D eigenvalue weighted by atomic mass is 16.5. The number of para-hydroxylation sites is 1. The van der Waals surface area contributed by atoms with Crippen LogP contribution in [-0.4, -0.2) is 39.4 Å². The molecule has 98 valence electrons. The number of hydrogen-bond acceptors (Lipinski definition) is 6. The van der Waals surface area contributed by atoms with Crippen LogP contribution in [-0.2, 0) is 4.79 Å². The molecule has 2 atom stereocenters. The predicted molar refractivity (Wildman–Crippen MR) is 60.4 cm³/mol. The monoisotopic (exact) mass is 255 g/mol. The lowest BCUT2D eigenvalue weighted by molar-refractivity contribution is -0.138. The Kier molecular flexibility index (Phi) is 4.24. The lowest BCUT2D eigenvalue weighted by Crippen LogP contribution is -2.42. The molecule has 0 unspecified atom stereocenters. The van der Waals surface area contributed by atoms with E-state index in [2.05, 4.69) is 0 Å². The SMILES string of the molecule is C[C@@H](O)[C@H](N)C(=O)Oc1c(O)cccc1C(=O)O. The number of ether oxygens (including phenoxy) is 1. The lowest BCUT2D eigenvalue weighted by atomic mass is 10.1. The first-order chi connectivity index (χ1) is 8.34. The van der Waals surface area contributed by atoms with Gasteiger partial charge in [0.05, 0.1) is 6.10 Å². The number of phenolic OH excluding ortho intramolecular Hbond substituents is 1. The third-order valence-electron chi connectivity index (χ3n) is 2.22. The average Bonchev–Trinajstić information content (AvgIpc) is 2.30. The summed E-state index contributed by atoms with van der Waals surface area (Å²) < 4.78 is 4.71. The van der Waals surface area contributed by atoms with E-state index in [0.717, 1.165) is 0 Å². The number of esters is 1. The van der Waals surface area contributed by atoms with Crippen LogP contribution in [0.25, 0.3) is 0 Å². The van der Waals surface area contributed by atoms with Crippen LogP contribution < -0.4 is 10.5 Å². The van der Waals surface area contributed by atoms with E-state index in [1.54, 1.807) is 0 Å². The van der Waals surface area contributed by atoms with Crippen molar-refractivity contribution in [2.45, 2.75) is 19.1 Å². The van der Waals surface area contributed by atoms with E-state index in [0.29, 0.717) is 0 Å². The van der Waals surface area contributed by atoms with Gasteiger partial charge in [0.2, 0.25) is 0 Å². The second-order valence-corrected chi connectivity index (χ2v) is 3.65. The quantitative estimate of drug-likeness (QED) is 0.429. The molecule has 1 aromatic rings. The molecule has 0 saturated heterocycles. The van der Waals surface area contributed by atoms with Crippen molar-refractivity contribution in [2.24, 2.45) is 5.73 Å². The molecular formula is C11H13NO6. The van der Waals surface area contributed by atoms with Crippen molar-refractivity contribution < 1.29 is 29.6 Å². The molecule has 0 aliphatic heterocycles. The number of carboxylic acid groups (broad SMARTS) is 1. The van der Waals surface area contributed by atoms with E-state index in [4.69, 9.17) is 20.7 Å². The number of carbonyl (C=O) groups excluding carboxylic acids is 1. The van der Waals surface area contributed by atoms with Crippen LogP contribution in [0.3, 0.4) is 0 Å². The van der Waals surface area contributed by atoms with Gasteiger partial charge < -0.3 is 25.8 Å². The maximum absolute atomic E-state index is 11.5. The number of phenols is 1. The van der Waals surface area contributed by atoms with Gasteiger partial charge in [0, 0.05) is 0 Å². The highest BCUT2D eigenvalue weighted by Gasteiger charge is 2.25. The summed E-state index contributed by atoms with van der Waals surface area (Å²) in [5.41, 5.74) is 4.96. The fraction of sp³-hybridized carbons (Fsp3) is 0.273. The van der Waals surface area contributed by atoms with E-state index in [1.807, 2.05) is 0 Å². The van der Waals surface area contributed by atoms with Crippen molar-refractivity contribution in [3.8, 4) is 11.5 Å². The van der Waals surface area contributed by atoms with Gasteiger partial charge in [0.1, 0.15) is 11.6 Å². The minimum Gasteiger partial charge on any atom is -0.504 e. The number of aromatic carboxylic acids is 1. The topological polar surface area (TPSA) is 130 Å². The Morgan fingerprint density at radius 2 is 2.00 bits per heavy atom. The molecule has 0 radical (unpaired) electrons. The molecule has 7 nitrogen and oxygen atoms in total. The third kappa shape index (κ3) is 2.96. The average molecular weight is 255 g/mol. The number of carbonyl (C=O) groups is 2. The zero-order valence-corrected chi connectivity index (χ0v) is 9.53. The van der Waals surface area contributed by atoms with E-state index in [9.17, 15) is 14.7 Å². The third-order valence-corrected chi connectivity index (χ3v) is 2.22. The van der Waals surface area contributed by atoms with E-state index < -0.39 is 35.6 Å². The van der Waals surface area contributed by atoms with Crippen molar-refractivity contribution in [1.29, 1.82) is 0 Å². The van der Waals surface area contributed by atoms with E-state index in [-0.39, 0.29) is 5.56 Å². The number of aliphatic hydroxyl groups is 1. The standard InChI is InChI=1S/C11H13NO6/c1-5(13)8(12)11(17)18-9-6(10(15)16)3-2-4-7(9)14/h2-5,8,13-14H,12H2,1H3,(H,15,16)/t5-,8+/m1/s1. The summed E-state index contributed by atoms with van der Waals surface area (Å²) in [6, 6.07) is 2.30. The first kappa shape index (κ1) is 13.9. The van der Waals surface area contributed by atoms with Gasteiger partial charge in [-0.3, -0.25) is 0 Å². The molecule has 5 N–H and O–H groups in total. The van der Waals surface area contributed by atoms with Crippen molar-refractivity contribution >= 4 is 11.9 Å². The maximum Gasteiger partial charge on any atom is 0.339 e. The molecule has 0 bridgehead atoms. The van der Waals surface area contributed by atoms with Crippen molar-refractivity contribution in [2.75, 3.05) is 0 Å². The smallest absolute Gasteiger partial charge is 0.339 e. The van der Waals surface area contributed by atoms with E-state index >= 15 is 0 Å². The summed E-state index contributed by atoms with van der Waals surface area (Å²) in [5, 5.41) is 27.4. The van der Waals surface area contributed by atoms with Crippen LogP contribution in [0, 0.1) is 0 Å². The molecule has 7 heteroatoms. The summed E-state index contributed by atoms with van der Waals surface area (Å²) in [6.07, 6.45) is -1.16. The summed E-state index contributed by atoms with van der Waals surface area (Å²) in [4.78, 5) is 22.3. The predicted octanol–water partition coefficient (Wildman–Crippen LogP) is -0.296. The molecule has 0 aliphatic carbocycles. The molecule has 0 saturated carbocycles. The number of benzene rings is 1. The molecule has 0 spiro atoms. The molecule has 18 heavy (non-hydrogen) atoms. The van der Waals surface area contributed by atoms with Crippen LogP contribution in [0.4, 0.5) is 0 Å². The van der Waals surface area contributed by atoms with Crippen molar-refractivity contribution in [1.82, 2.24) is 0 Å². The van der Waals surface area contributed by atoms with E-state index in [1.165, 1.54) is 25.1 Å². The lowest BCUT2D eigenvalue weighted by Gasteiger charge is -2.15. The maximum atomic E-state index is 11.5. The molecular weight excluding hydrogens is 242 g/mol. The number of hydrogen-bond donors (Lipinski definition) is 4. The number of rotatable bonds is 4. The zero-order chi connectivity index (χ0) is 13.9. The number of aromatic hydroxyl groups is 1. The highest BCUT2D eigenvalue weighted by molar-refractivity contribution is 5.93. The second-order valence-electron chi connectivity index (χ2n) is 3.65. The minimum atomic E-state index is -1.36. The van der Waals surface area contributed by atoms with Crippen LogP contribution in [0.5, 0.6) is 11.5 Å². The van der Waals surface area contributed by atoms with Crippen molar-refractivity contribution in [3.05, 3.63) is 23.8 Å². The Morgan fingerprint density at radius 1 is 1.39 bits per heavy atom. The normalized spacial score (nSPS) is 13.7. The summed E-state index contributed by atoms with van der Waals surface area (Å²) in [6.45, 7) is 1.29. The Balaban J connectivity index is 3.04. The Morgan fingerprint density at radius 3 is 2.50 bits per heavy atom. The van der Waals surface area contributed by atoms with Crippen LogP contribution in [0.15, 0.2) is 18.2 Å². The van der Waals surface area contributed by atoms with Gasteiger partial charge in [0.25, 0.3) is 0 Å². The van der Waals surface area contributed by atoms with Crippen LogP contribution >= 0.6 is 0 Å². The fourth-order valence-electron chi connectivity index (χ4n) is 1.17. The molecule has 1 aromatic carbocycles. The van der Waals surface area contributed by atoms with Gasteiger partial charge >= 0.3 is 11.9 Å².